The monoisotopic (exact) mass is 508 g/mol. The summed E-state index contributed by atoms with van der Waals surface area (Å²) in [5.41, 5.74) is 3.15. The first-order chi connectivity index (χ1) is 18.5. The lowest BCUT2D eigenvalue weighted by Gasteiger charge is -2.17. The highest BCUT2D eigenvalue weighted by atomic mass is 16.5. The van der Waals surface area contributed by atoms with Crippen molar-refractivity contribution >= 4 is 22.5 Å². The van der Waals surface area contributed by atoms with Gasteiger partial charge < -0.3 is 9.84 Å². The molecule has 0 saturated carbocycles. The van der Waals surface area contributed by atoms with Gasteiger partial charge in [-0.2, -0.15) is 0 Å². The zero-order chi connectivity index (χ0) is 26.7. The number of aliphatic carboxylic acids is 1. The van der Waals surface area contributed by atoms with Crippen molar-refractivity contribution in [2.75, 3.05) is 0 Å². The standard InChI is InChI=1S/C34H36O4/c1-2-10-26(18-17-25-11-5-3-6-12-25)22-29(35)24-28-21-27(19-20-34(36)37)23-32-31(28)15-9-16-33(32)38-30-13-7-4-8-14-30/h3-9,11-16,21,23,26H,2,10,17-20,22,24H2,1H3,(H,36,37). The fraction of sp³-hybridized carbons (Fsp3) is 0.294. The molecule has 1 unspecified atom stereocenters. The maximum Gasteiger partial charge on any atom is 0.303 e. The molecule has 4 nitrogen and oxygen atoms in total. The van der Waals surface area contributed by atoms with Crippen LogP contribution in [0.3, 0.4) is 0 Å². The van der Waals surface area contributed by atoms with E-state index in [-0.39, 0.29) is 12.2 Å². The molecule has 1 atom stereocenters. The summed E-state index contributed by atoms with van der Waals surface area (Å²) in [4.78, 5) is 24.7. The second kappa shape index (κ2) is 13.6. The van der Waals surface area contributed by atoms with E-state index in [0.29, 0.717) is 30.9 Å². The Labute approximate surface area is 225 Å². The van der Waals surface area contributed by atoms with Crippen LogP contribution in [-0.4, -0.2) is 16.9 Å². The average Bonchev–Trinajstić information content (AvgIpc) is 2.92. The molecule has 4 heteroatoms. The number of hydrogen-bond acceptors (Lipinski definition) is 3. The van der Waals surface area contributed by atoms with Gasteiger partial charge in [-0.15, -0.1) is 0 Å². The van der Waals surface area contributed by atoms with Crippen molar-refractivity contribution in [3.8, 4) is 11.5 Å². The summed E-state index contributed by atoms with van der Waals surface area (Å²) in [5, 5.41) is 11.1. The number of carboxylic acid groups (broad SMARTS) is 1. The van der Waals surface area contributed by atoms with Crippen LogP contribution in [0.5, 0.6) is 11.5 Å². The zero-order valence-corrected chi connectivity index (χ0v) is 22.1. The van der Waals surface area contributed by atoms with Gasteiger partial charge in [0.05, 0.1) is 0 Å². The lowest BCUT2D eigenvalue weighted by atomic mass is 9.88. The van der Waals surface area contributed by atoms with Crippen LogP contribution in [0.1, 0.15) is 55.7 Å². The van der Waals surface area contributed by atoms with Gasteiger partial charge in [0.25, 0.3) is 0 Å². The molecular formula is C34H36O4. The largest absolute Gasteiger partial charge is 0.481 e. The number of hydrogen-bond donors (Lipinski definition) is 1. The van der Waals surface area contributed by atoms with Gasteiger partial charge >= 0.3 is 5.97 Å². The predicted octanol–water partition coefficient (Wildman–Crippen LogP) is 8.20. The highest BCUT2D eigenvalue weighted by Gasteiger charge is 2.17. The van der Waals surface area contributed by atoms with Crippen LogP contribution >= 0.6 is 0 Å². The van der Waals surface area contributed by atoms with E-state index in [1.807, 2.05) is 66.7 Å². The third kappa shape index (κ3) is 7.79. The molecule has 0 aliphatic rings. The van der Waals surface area contributed by atoms with Crippen LogP contribution < -0.4 is 4.74 Å². The highest BCUT2D eigenvalue weighted by molar-refractivity contribution is 5.95. The summed E-state index contributed by atoms with van der Waals surface area (Å²) in [7, 11) is 0. The van der Waals surface area contributed by atoms with Crippen LogP contribution in [0.15, 0.2) is 91.0 Å². The van der Waals surface area contributed by atoms with Crippen molar-refractivity contribution in [1.29, 1.82) is 0 Å². The van der Waals surface area contributed by atoms with Gasteiger partial charge in [0, 0.05) is 24.6 Å². The van der Waals surface area contributed by atoms with Crippen LogP contribution in [0.4, 0.5) is 0 Å². The van der Waals surface area contributed by atoms with E-state index in [0.717, 1.165) is 53.3 Å². The number of aryl methyl sites for hydroxylation is 2. The topological polar surface area (TPSA) is 63.6 Å². The van der Waals surface area contributed by atoms with E-state index in [9.17, 15) is 14.7 Å². The van der Waals surface area contributed by atoms with E-state index in [4.69, 9.17) is 4.74 Å². The molecule has 38 heavy (non-hydrogen) atoms. The molecule has 0 aliphatic heterocycles. The molecule has 4 aromatic rings. The van der Waals surface area contributed by atoms with Crippen LogP contribution in [0.2, 0.25) is 0 Å². The van der Waals surface area contributed by atoms with Crippen molar-refractivity contribution in [2.24, 2.45) is 5.92 Å². The summed E-state index contributed by atoms with van der Waals surface area (Å²) in [6, 6.07) is 30.0. The molecule has 0 spiro atoms. The first kappa shape index (κ1) is 27.1. The average molecular weight is 509 g/mol. The molecule has 0 radical (unpaired) electrons. The molecule has 0 amide bonds. The highest BCUT2D eigenvalue weighted by Crippen LogP contribution is 2.34. The maximum atomic E-state index is 13.4. The van der Waals surface area contributed by atoms with Gasteiger partial charge in [0.2, 0.25) is 0 Å². The quantitative estimate of drug-likeness (QED) is 0.186. The number of carboxylic acids is 1. The number of para-hydroxylation sites is 1. The molecule has 4 rings (SSSR count). The summed E-state index contributed by atoms with van der Waals surface area (Å²) < 4.78 is 6.20. The molecule has 0 fully saturated rings. The fourth-order valence-electron chi connectivity index (χ4n) is 5.13. The van der Waals surface area contributed by atoms with E-state index >= 15 is 0 Å². The van der Waals surface area contributed by atoms with Gasteiger partial charge in [0.1, 0.15) is 17.3 Å². The summed E-state index contributed by atoms with van der Waals surface area (Å²) in [6.07, 6.45) is 5.40. The minimum atomic E-state index is -0.836. The third-order valence-corrected chi connectivity index (χ3v) is 6.98. The molecule has 196 valence electrons. The molecule has 0 saturated heterocycles. The number of Topliss-reactive ketones (excluding diaryl/α,β-unsaturated/α-hetero) is 1. The number of carbonyl (C=O) groups is 2. The minimum absolute atomic E-state index is 0.0403. The van der Waals surface area contributed by atoms with Gasteiger partial charge in [-0.1, -0.05) is 86.5 Å². The van der Waals surface area contributed by atoms with E-state index in [1.54, 1.807) is 0 Å². The number of benzene rings is 4. The van der Waals surface area contributed by atoms with E-state index in [1.165, 1.54) is 5.56 Å². The van der Waals surface area contributed by atoms with Crippen molar-refractivity contribution in [3.63, 3.8) is 0 Å². The minimum Gasteiger partial charge on any atom is -0.481 e. The van der Waals surface area contributed by atoms with E-state index in [2.05, 4.69) is 31.2 Å². The smallest absolute Gasteiger partial charge is 0.303 e. The molecule has 1 N–H and O–H groups in total. The number of fused-ring (bicyclic) bond motifs is 1. The summed E-state index contributed by atoms with van der Waals surface area (Å²) in [5.74, 6) is 1.17. The Balaban J connectivity index is 1.57. The number of ketones is 1. The third-order valence-electron chi connectivity index (χ3n) is 6.98. The van der Waals surface area contributed by atoms with Gasteiger partial charge in [-0.3, -0.25) is 9.59 Å². The Morgan fingerprint density at radius 2 is 1.53 bits per heavy atom. The number of ether oxygens (including phenoxy) is 1. The van der Waals surface area contributed by atoms with Crippen molar-refractivity contribution in [2.45, 2.75) is 58.3 Å². The Bertz CT molecular complexity index is 1350. The number of rotatable bonds is 14. The maximum absolute atomic E-state index is 13.4. The van der Waals surface area contributed by atoms with Crippen LogP contribution in [-0.2, 0) is 28.9 Å². The number of carbonyl (C=O) groups excluding carboxylic acids is 1. The fourth-order valence-corrected chi connectivity index (χ4v) is 5.13. The molecule has 0 heterocycles. The Hall–Kier alpha value is -3.92. The molecule has 0 bridgehead atoms. The van der Waals surface area contributed by atoms with Crippen LogP contribution in [0, 0.1) is 5.92 Å². The molecule has 0 aromatic heterocycles. The normalized spacial score (nSPS) is 11.8. The second-order valence-corrected chi connectivity index (χ2v) is 10.0. The second-order valence-electron chi connectivity index (χ2n) is 10.0. The van der Waals surface area contributed by atoms with Gasteiger partial charge in [-0.25, -0.2) is 0 Å². The predicted molar refractivity (Wildman–Crippen MR) is 153 cm³/mol. The summed E-state index contributed by atoms with van der Waals surface area (Å²) in [6.45, 7) is 2.17. The SMILES string of the molecule is CCCC(CCc1ccccc1)CC(=O)Cc1cc(CCC(=O)O)cc2c(Oc3ccccc3)cccc12. The first-order valence-electron chi connectivity index (χ1n) is 13.6. The first-order valence-corrected chi connectivity index (χ1v) is 13.6. The van der Waals surface area contributed by atoms with Gasteiger partial charge in [0.15, 0.2) is 0 Å². The van der Waals surface area contributed by atoms with Gasteiger partial charge in [-0.05, 0) is 71.5 Å². The Morgan fingerprint density at radius 1 is 0.789 bits per heavy atom. The molecule has 4 aromatic carbocycles. The van der Waals surface area contributed by atoms with E-state index < -0.39 is 5.97 Å². The Kier molecular flexibility index (Phi) is 9.69. The Morgan fingerprint density at radius 3 is 2.24 bits per heavy atom. The van der Waals surface area contributed by atoms with Crippen LogP contribution in [0.25, 0.3) is 10.8 Å². The summed E-state index contributed by atoms with van der Waals surface area (Å²) >= 11 is 0. The van der Waals surface area contributed by atoms with Crippen molar-refractivity contribution < 1.29 is 19.4 Å². The lowest BCUT2D eigenvalue weighted by molar-refractivity contribution is -0.137. The molecular weight excluding hydrogens is 472 g/mol. The lowest BCUT2D eigenvalue weighted by Crippen LogP contribution is -2.12. The van der Waals surface area contributed by atoms with Crippen molar-refractivity contribution in [1.82, 2.24) is 0 Å². The van der Waals surface area contributed by atoms with Crippen molar-refractivity contribution in [3.05, 3.63) is 108 Å². The zero-order valence-electron chi connectivity index (χ0n) is 22.1. The molecule has 0 aliphatic carbocycles.